The first kappa shape index (κ1) is 10.9. The highest BCUT2D eigenvalue weighted by Crippen LogP contribution is 2.27. The van der Waals surface area contributed by atoms with Gasteiger partial charge in [0, 0.05) is 11.0 Å². The SMILES string of the molecule is Cc1nc(Cl)c(C(F)F)cc1CBr. The van der Waals surface area contributed by atoms with E-state index in [1.165, 1.54) is 6.07 Å². The molecule has 0 fully saturated rings. The van der Waals surface area contributed by atoms with Gasteiger partial charge in [-0.1, -0.05) is 27.5 Å². The lowest BCUT2D eigenvalue weighted by Crippen LogP contribution is -1.96. The van der Waals surface area contributed by atoms with Crippen molar-refractivity contribution in [1.82, 2.24) is 4.98 Å². The van der Waals surface area contributed by atoms with Crippen LogP contribution in [0.3, 0.4) is 0 Å². The van der Waals surface area contributed by atoms with Crippen molar-refractivity contribution in [2.45, 2.75) is 18.7 Å². The van der Waals surface area contributed by atoms with E-state index in [2.05, 4.69) is 20.9 Å². The minimum atomic E-state index is -2.57. The third-order valence-corrected chi connectivity index (χ3v) is 2.58. The molecule has 1 nitrogen and oxygen atoms in total. The molecule has 0 saturated heterocycles. The molecule has 0 aliphatic rings. The fraction of sp³-hybridized carbons (Fsp3) is 0.375. The summed E-state index contributed by atoms with van der Waals surface area (Å²) in [6.07, 6.45) is -2.57. The Morgan fingerprint density at radius 3 is 2.69 bits per heavy atom. The Balaban J connectivity index is 3.22. The summed E-state index contributed by atoms with van der Waals surface area (Å²) in [7, 11) is 0. The molecule has 72 valence electrons. The van der Waals surface area contributed by atoms with Crippen LogP contribution in [-0.4, -0.2) is 4.98 Å². The van der Waals surface area contributed by atoms with Crippen LogP contribution in [-0.2, 0) is 5.33 Å². The highest BCUT2D eigenvalue weighted by Gasteiger charge is 2.15. The fourth-order valence-electron chi connectivity index (χ4n) is 0.924. The summed E-state index contributed by atoms with van der Waals surface area (Å²) in [5.74, 6) is 0. The summed E-state index contributed by atoms with van der Waals surface area (Å²) in [6, 6.07) is 1.38. The van der Waals surface area contributed by atoms with E-state index in [1.807, 2.05) is 0 Å². The van der Waals surface area contributed by atoms with Crippen molar-refractivity contribution in [3.63, 3.8) is 0 Å². The summed E-state index contributed by atoms with van der Waals surface area (Å²) in [5, 5.41) is 0.389. The van der Waals surface area contributed by atoms with Crippen LogP contribution in [0, 0.1) is 6.92 Å². The number of hydrogen-bond donors (Lipinski definition) is 0. The topological polar surface area (TPSA) is 12.9 Å². The number of alkyl halides is 3. The third-order valence-electron chi connectivity index (χ3n) is 1.68. The molecule has 5 heteroatoms. The first-order valence-corrected chi connectivity index (χ1v) is 5.06. The third kappa shape index (κ3) is 2.38. The highest BCUT2D eigenvalue weighted by atomic mass is 79.9. The van der Waals surface area contributed by atoms with E-state index in [9.17, 15) is 8.78 Å². The number of aryl methyl sites for hydroxylation is 1. The van der Waals surface area contributed by atoms with Gasteiger partial charge in [-0.25, -0.2) is 13.8 Å². The zero-order chi connectivity index (χ0) is 10.0. The molecule has 1 heterocycles. The van der Waals surface area contributed by atoms with Gasteiger partial charge >= 0.3 is 0 Å². The number of pyridine rings is 1. The Hall–Kier alpha value is -0.220. The summed E-state index contributed by atoms with van der Waals surface area (Å²) < 4.78 is 24.7. The lowest BCUT2D eigenvalue weighted by molar-refractivity contribution is 0.151. The summed E-state index contributed by atoms with van der Waals surface area (Å²) in [6.45, 7) is 1.73. The normalized spacial score (nSPS) is 10.9. The predicted molar refractivity (Wildman–Crippen MR) is 51.6 cm³/mol. The molecule has 0 spiro atoms. The monoisotopic (exact) mass is 269 g/mol. The molecule has 1 aromatic rings. The molecule has 1 aromatic heterocycles. The molecule has 0 saturated carbocycles. The van der Waals surface area contributed by atoms with Gasteiger partial charge in [-0.2, -0.15) is 0 Å². The van der Waals surface area contributed by atoms with Crippen molar-refractivity contribution in [2.24, 2.45) is 0 Å². The number of rotatable bonds is 2. The van der Waals surface area contributed by atoms with Crippen LogP contribution >= 0.6 is 27.5 Å². The maximum Gasteiger partial charge on any atom is 0.266 e. The Morgan fingerprint density at radius 2 is 2.23 bits per heavy atom. The van der Waals surface area contributed by atoms with Crippen LogP contribution in [0.25, 0.3) is 0 Å². The second kappa shape index (κ2) is 4.33. The van der Waals surface area contributed by atoms with Gasteiger partial charge in [-0.3, -0.25) is 0 Å². The molecule has 0 radical (unpaired) electrons. The van der Waals surface area contributed by atoms with Gasteiger partial charge in [0.2, 0.25) is 0 Å². The standard InChI is InChI=1S/C8H7BrClF2N/c1-4-5(3-9)2-6(8(11)12)7(10)13-4/h2,8H,3H2,1H3. The Labute approximate surface area is 88.2 Å². The highest BCUT2D eigenvalue weighted by molar-refractivity contribution is 9.08. The van der Waals surface area contributed by atoms with Crippen LogP contribution in [0.4, 0.5) is 8.78 Å². The second-order valence-electron chi connectivity index (χ2n) is 2.55. The van der Waals surface area contributed by atoms with Crippen molar-refractivity contribution in [3.05, 3.63) is 28.0 Å². The van der Waals surface area contributed by atoms with Crippen LogP contribution in [0.1, 0.15) is 23.2 Å². The summed E-state index contributed by atoms with van der Waals surface area (Å²) in [5.41, 5.74) is 1.20. The smallest absolute Gasteiger partial charge is 0.241 e. The van der Waals surface area contributed by atoms with Crippen molar-refractivity contribution in [2.75, 3.05) is 0 Å². The summed E-state index contributed by atoms with van der Waals surface area (Å²) >= 11 is 8.74. The van der Waals surface area contributed by atoms with Gasteiger partial charge in [0.1, 0.15) is 5.15 Å². The predicted octanol–water partition coefficient (Wildman–Crippen LogP) is 3.88. The van der Waals surface area contributed by atoms with E-state index in [1.54, 1.807) is 6.92 Å². The van der Waals surface area contributed by atoms with E-state index < -0.39 is 6.43 Å². The van der Waals surface area contributed by atoms with Gasteiger partial charge in [-0.05, 0) is 18.6 Å². The van der Waals surface area contributed by atoms with Crippen LogP contribution in [0.5, 0.6) is 0 Å². The average molecular weight is 271 g/mol. The average Bonchev–Trinajstić information content (AvgIpc) is 2.03. The largest absolute Gasteiger partial charge is 0.266 e. The van der Waals surface area contributed by atoms with Gasteiger partial charge < -0.3 is 0 Å². The molecule has 0 aromatic carbocycles. The molecular formula is C8H7BrClF2N. The van der Waals surface area contributed by atoms with E-state index in [0.717, 1.165) is 5.56 Å². The minimum Gasteiger partial charge on any atom is -0.241 e. The van der Waals surface area contributed by atoms with Crippen LogP contribution in [0.2, 0.25) is 5.15 Å². The number of aromatic nitrogens is 1. The molecule has 0 N–H and O–H groups in total. The Kier molecular flexibility index (Phi) is 3.62. The number of hydrogen-bond acceptors (Lipinski definition) is 1. The lowest BCUT2D eigenvalue weighted by Gasteiger charge is -2.07. The van der Waals surface area contributed by atoms with Gasteiger partial charge in [0.25, 0.3) is 6.43 Å². The molecule has 0 aliphatic heterocycles. The maximum atomic E-state index is 12.3. The summed E-state index contributed by atoms with van der Waals surface area (Å²) in [4.78, 5) is 3.82. The minimum absolute atomic E-state index is 0.114. The first-order valence-electron chi connectivity index (χ1n) is 3.56. The molecular weight excluding hydrogens is 263 g/mol. The number of halogens is 4. The lowest BCUT2D eigenvalue weighted by atomic mass is 10.2. The van der Waals surface area contributed by atoms with Crippen molar-refractivity contribution in [3.8, 4) is 0 Å². The van der Waals surface area contributed by atoms with E-state index >= 15 is 0 Å². The Bertz CT molecular complexity index is 317. The number of nitrogens with zero attached hydrogens (tertiary/aromatic N) is 1. The van der Waals surface area contributed by atoms with Gasteiger partial charge in [0.15, 0.2) is 0 Å². The van der Waals surface area contributed by atoms with E-state index in [4.69, 9.17) is 11.6 Å². The van der Waals surface area contributed by atoms with Crippen LogP contribution in [0.15, 0.2) is 6.07 Å². The molecule has 13 heavy (non-hydrogen) atoms. The zero-order valence-corrected chi connectivity index (χ0v) is 9.16. The van der Waals surface area contributed by atoms with Crippen molar-refractivity contribution < 1.29 is 8.78 Å². The first-order chi connectivity index (χ1) is 6.06. The fourth-order valence-corrected chi connectivity index (χ4v) is 1.76. The zero-order valence-electron chi connectivity index (χ0n) is 6.82. The molecule has 0 unspecified atom stereocenters. The maximum absolute atomic E-state index is 12.3. The second-order valence-corrected chi connectivity index (χ2v) is 3.47. The van der Waals surface area contributed by atoms with Gasteiger partial charge in [0.05, 0.1) is 5.56 Å². The molecule has 0 amide bonds. The molecule has 0 aliphatic carbocycles. The van der Waals surface area contributed by atoms with Crippen LogP contribution < -0.4 is 0 Å². The van der Waals surface area contributed by atoms with E-state index in [-0.39, 0.29) is 10.7 Å². The van der Waals surface area contributed by atoms with Crippen molar-refractivity contribution in [1.29, 1.82) is 0 Å². The molecule has 0 atom stereocenters. The van der Waals surface area contributed by atoms with Crippen molar-refractivity contribution >= 4 is 27.5 Å². The van der Waals surface area contributed by atoms with E-state index in [0.29, 0.717) is 11.0 Å². The molecule has 1 rings (SSSR count). The molecule has 0 bridgehead atoms. The Morgan fingerprint density at radius 1 is 1.62 bits per heavy atom. The quantitative estimate of drug-likeness (QED) is 0.587. The van der Waals surface area contributed by atoms with Gasteiger partial charge in [-0.15, -0.1) is 0 Å².